The van der Waals surface area contributed by atoms with Crippen LogP contribution in [0.5, 0.6) is 17.2 Å². The minimum atomic E-state index is -0.827. The number of carbonyl (C=O) groups excluding carboxylic acids is 1. The number of Topliss-reactive ketones (excluding diaryl/α,β-unsaturated/α-hetero) is 1. The summed E-state index contributed by atoms with van der Waals surface area (Å²) in [5.41, 5.74) is 11.5. The van der Waals surface area contributed by atoms with Gasteiger partial charge in [0.05, 0.1) is 94.1 Å². The Morgan fingerprint density at radius 2 is 1.04 bits per heavy atom. The number of aromatic nitrogens is 1. The molecule has 0 amide bonds. The molecule has 6 aromatic rings. The Bertz CT molecular complexity index is 3660. The van der Waals surface area contributed by atoms with Crippen LogP contribution in [0.1, 0.15) is 105 Å². The van der Waals surface area contributed by atoms with Crippen molar-refractivity contribution in [2.75, 3.05) is 175 Å². The third-order valence-corrected chi connectivity index (χ3v) is 21.7. The molecule has 6 N–H and O–H groups in total. The molecule has 0 atom stereocenters. The van der Waals surface area contributed by atoms with E-state index in [4.69, 9.17) is 82.8 Å². The van der Waals surface area contributed by atoms with E-state index >= 15 is 0 Å². The maximum absolute atomic E-state index is 12.2. The van der Waals surface area contributed by atoms with E-state index in [0.29, 0.717) is 82.6 Å². The first-order valence-corrected chi connectivity index (χ1v) is 39.5. The number of piperazine rings is 2. The van der Waals surface area contributed by atoms with E-state index < -0.39 is 22.2 Å². The summed E-state index contributed by atoms with van der Waals surface area (Å²) in [6.45, 7) is 15.0. The van der Waals surface area contributed by atoms with E-state index in [1.54, 1.807) is 38.7 Å². The zero-order valence-corrected chi connectivity index (χ0v) is 74.5. The number of hydrogen-bond acceptors (Lipinski definition) is 21. The number of carbonyl (C=O) groups is 2. The minimum absolute atomic E-state index is 0. The quantitative estimate of drug-likeness (QED) is 0.0303. The van der Waals surface area contributed by atoms with Gasteiger partial charge in [0.1, 0.15) is 17.2 Å². The fraction of sp³-hybridized carbons (Fsp3) is 0.525. The van der Waals surface area contributed by atoms with Crippen molar-refractivity contribution in [3.63, 3.8) is 0 Å². The Labute approximate surface area is 743 Å². The number of aliphatic hydroxyl groups is 2. The van der Waals surface area contributed by atoms with Crippen LogP contribution in [-0.2, 0) is 74.6 Å². The van der Waals surface area contributed by atoms with Crippen LogP contribution in [0.25, 0.3) is 0 Å². The number of halogens is 3. The Hall–Kier alpha value is -3.77. The van der Waals surface area contributed by atoms with Gasteiger partial charge in [-0.05, 0) is 153 Å². The number of aliphatic carboxylic acids is 1. The molecular weight excluding hydrogens is 1620 g/mol. The number of carboxylic acid groups (broad SMARTS) is 1. The molecule has 109 heavy (non-hydrogen) atoms. The number of anilines is 1. The molecule has 6 aliphatic heterocycles. The molecule has 7 heterocycles. The van der Waals surface area contributed by atoms with Crippen molar-refractivity contribution in [3.8, 4) is 29.4 Å². The van der Waals surface area contributed by atoms with Gasteiger partial charge in [0.15, 0.2) is 16.0 Å². The molecular formula is C80H111Br2ClKN8NaO14S2. The molecule has 0 aliphatic carbocycles. The van der Waals surface area contributed by atoms with Gasteiger partial charge in [0.25, 0.3) is 0 Å². The number of thiazole rings is 1. The number of benzene rings is 5. The number of nitriles is 2. The molecule has 29 heteroatoms. The fourth-order valence-corrected chi connectivity index (χ4v) is 14.9. The SMILES string of the molecule is BrCCOCCBr.C.CN1CCN(C(N)=S)CC1.COc1cccc(C2(C#N)CCOCC2)c1.COc1cccc(C2(C(=O)O)CCOCC2)c1.COc1cccc(C2(c3csc(N4CCN(C)CC4)n3)CCOCC2)c1.N#CCc1cccc(CO)c1.O=C(CCl)C1(c2cccc(CO)c2)CCOCC1.[H-].[K+].[Na+].[OH-]. The number of ether oxygens (including phenoxy) is 8. The summed E-state index contributed by atoms with van der Waals surface area (Å²) in [5.74, 6) is 1.68. The fourth-order valence-electron chi connectivity index (χ4n) is 13.0. The summed E-state index contributed by atoms with van der Waals surface area (Å²) < 4.78 is 42.5. The van der Waals surface area contributed by atoms with Gasteiger partial charge in [-0.25, -0.2) is 4.98 Å². The van der Waals surface area contributed by atoms with Gasteiger partial charge in [-0.3, -0.25) is 9.59 Å². The first kappa shape index (κ1) is 101. The van der Waals surface area contributed by atoms with Crippen LogP contribution < -0.4 is 106 Å². The van der Waals surface area contributed by atoms with E-state index in [1.165, 1.54) is 11.3 Å². The summed E-state index contributed by atoms with van der Waals surface area (Å²) in [4.78, 5) is 38.0. The molecule has 6 fully saturated rings. The van der Waals surface area contributed by atoms with Crippen LogP contribution in [0.15, 0.2) is 127 Å². The summed E-state index contributed by atoms with van der Waals surface area (Å²) >= 11 is 18.9. The standard InChI is InChI=1S/C20H27N3O2S.C14H17ClO3.C13H15NO2.C13H16O4.C9H9NO.C6H13N3S.C4H8Br2O.CH4.K.Na.H2O.H/c1-22-8-10-23(11-9-22)19-21-18(15-26-19)20(6-12-25-13-7-20)16-4-3-5-17(14-16)24-2;15-9-13(17)14(4-6-18-7-5-14)12-3-1-2-11(8-12)10-16;1-15-12-4-2-3-11(9-12)13(10-14)5-7-16-8-6-13;1-16-11-4-2-3-10(9-11)13(12(14)15)5-7-17-8-6-13;10-5-4-8-2-1-3-9(6-8)7-11;1-8-2-4-9(5-3-8)6(7)10;5-1-3-7-4-2-6;;;;;/h3-5,14-15H,6-13H2,1-2H3;1-3,8,16H,4-7,9-10H2;2-4,9H,5-8H2,1H3;2-4,9H,5-8H2,1H3,(H,14,15);1-3,6,11H,4,7H2;2-5H2,1H3,(H2,7,10);1-4H2;1H4;;;1H2;/q;;;;;;;;2*+1;;-1/p-1. The smallest absolute Gasteiger partial charge is 1.00 e. The van der Waals surface area contributed by atoms with Crippen molar-refractivity contribution in [3.05, 3.63) is 171 Å². The number of thiocarbonyl (C=S) groups is 1. The average molecular weight is 1730 g/mol. The van der Waals surface area contributed by atoms with Crippen molar-refractivity contribution in [1.82, 2.24) is 19.7 Å². The molecule has 1 aromatic heterocycles. The minimum Gasteiger partial charge on any atom is -1.00 e. The second kappa shape index (κ2) is 54.9. The van der Waals surface area contributed by atoms with E-state index in [1.807, 2.05) is 102 Å². The predicted octanol–water partition coefficient (Wildman–Crippen LogP) is 6.22. The van der Waals surface area contributed by atoms with Crippen molar-refractivity contribution in [2.24, 2.45) is 5.73 Å². The topological polar surface area (TPSA) is 298 Å². The Morgan fingerprint density at radius 1 is 0.624 bits per heavy atom. The first-order chi connectivity index (χ1) is 50.9. The molecule has 12 rings (SSSR count). The van der Waals surface area contributed by atoms with Crippen molar-refractivity contribution in [1.29, 1.82) is 10.5 Å². The molecule has 0 radical (unpaired) electrons. The monoisotopic (exact) mass is 1730 g/mol. The number of methoxy groups -OCH3 is 3. The summed E-state index contributed by atoms with van der Waals surface area (Å²) in [7, 11) is 9.24. The predicted molar refractivity (Wildman–Crippen MR) is 434 cm³/mol. The van der Waals surface area contributed by atoms with Crippen LogP contribution in [0, 0.1) is 22.7 Å². The molecule has 22 nitrogen and oxygen atoms in total. The maximum atomic E-state index is 12.2. The molecule has 0 unspecified atom stereocenters. The number of carboxylic acids is 1. The number of likely N-dealkylation sites (N-methyl/N-ethyl adjacent to an activating group) is 2. The van der Waals surface area contributed by atoms with E-state index in [2.05, 4.69) is 96.4 Å². The van der Waals surface area contributed by atoms with Gasteiger partial charge in [0.2, 0.25) is 0 Å². The molecule has 6 aliphatic rings. The van der Waals surface area contributed by atoms with Crippen LogP contribution >= 0.6 is 67.0 Å². The summed E-state index contributed by atoms with van der Waals surface area (Å²) in [5, 5.41) is 51.1. The van der Waals surface area contributed by atoms with Crippen LogP contribution in [0.2, 0.25) is 0 Å². The second-order valence-corrected chi connectivity index (χ2v) is 29.2. The molecule has 5 aromatic carbocycles. The Kier molecular flexibility index (Phi) is 51.0. The Morgan fingerprint density at radius 3 is 1.50 bits per heavy atom. The van der Waals surface area contributed by atoms with E-state index in [0.717, 1.165) is 165 Å². The molecule has 590 valence electrons. The Balaban J connectivity index is 0.000000658. The number of ketones is 1. The summed E-state index contributed by atoms with van der Waals surface area (Å²) in [6.07, 6.45) is 6.20. The zero-order valence-electron chi connectivity index (χ0n) is 64.8. The molecule has 0 spiro atoms. The zero-order chi connectivity index (χ0) is 75.9. The maximum Gasteiger partial charge on any atom is 1.00 e. The third-order valence-electron chi connectivity index (χ3n) is 19.7. The molecule has 0 bridgehead atoms. The normalized spacial score (nSPS) is 17.2. The first-order valence-electron chi connectivity index (χ1n) is 35.5. The van der Waals surface area contributed by atoms with Crippen LogP contribution in [0.3, 0.4) is 0 Å². The van der Waals surface area contributed by atoms with Crippen molar-refractivity contribution >= 4 is 89.0 Å². The average Bonchev–Trinajstić information content (AvgIpc) is 1.04. The number of rotatable bonds is 19. The third kappa shape index (κ3) is 31.1. The molecule has 6 saturated heterocycles. The van der Waals surface area contributed by atoms with Gasteiger partial charge < -0.3 is 85.5 Å². The second-order valence-electron chi connectivity index (χ2n) is 26.0. The van der Waals surface area contributed by atoms with Gasteiger partial charge in [-0.2, -0.15) is 10.5 Å². The van der Waals surface area contributed by atoms with Crippen molar-refractivity contribution < 1.29 is 151 Å². The van der Waals surface area contributed by atoms with E-state index in [-0.39, 0.29) is 126 Å². The van der Waals surface area contributed by atoms with Gasteiger partial charge in [-0.1, -0.05) is 124 Å². The number of nitrogens with two attached hydrogens (primary N) is 1. The number of alkyl halides is 3. The summed E-state index contributed by atoms with van der Waals surface area (Å²) in [6, 6.07) is 43.0. The number of aliphatic hydroxyl groups excluding tert-OH is 2. The van der Waals surface area contributed by atoms with Gasteiger partial charge in [0, 0.05) is 127 Å². The van der Waals surface area contributed by atoms with E-state index in [9.17, 15) is 25.1 Å². The number of nitrogens with zero attached hydrogens (tertiary/aromatic N) is 7. The largest absolute Gasteiger partial charge is 1.00 e. The molecule has 0 saturated carbocycles. The number of hydrogen-bond donors (Lipinski definition) is 4. The van der Waals surface area contributed by atoms with Crippen LogP contribution in [0.4, 0.5) is 5.13 Å². The van der Waals surface area contributed by atoms with Crippen LogP contribution in [-0.4, -0.2) is 228 Å². The van der Waals surface area contributed by atoms with Gasteiger partial charge >= 0.3 is 86.9 Å². The van der Waals surface area contributed by atoms with Gasteiger partial charge in [-0.15, -0.1) is 22.9 Å². The van der Waals surface area contributed by atoms with Crippen molar-refractivity contribution in [2.45, 2.75) is 100 Å².